The summed E-state index contributed by atoms with van der Waals surface area (Å²) in [6.07, 6.45) is 0. The van der Waals surface area contributed by atoms with Gasteiger partial charge < -0.3 is 5.32 Å². The molecule has 1 heterocycles. The van der Waals surface area contributed by atoms with Crippen LogP contribution < -0.4 is 16.6 Å². The van der Waals surface area contributed by atoms with E-state index in [1.807, 2.05) is 12.3 Å². The van der Waals surface area contributed by atoms with Crippen LogP contribution >= 0.6 is 0 Å². The summed E-state index contributed by atoms with van der Waals surface area (Å²) in [5, 5.41) is 3.14. The van der Waals surface area contributed by atoms with Crippen LogP contribution in [0.4, 0.5) is 0 Å². The fourth-order valence-corrected chi connectivity index (χ4v) is 3.87. The van der Waals surface area contributed by atoms with Crippen molar-refractivity contribution in [2.45, 2.75) is 17.9 Å². The van der Waals surface area contributed by atoms with Crippen LogP contribution in [-0.2, 0) is 10.0 Å². The van der Waals surface area contributed by atoms with Gasteiger partial charge in [0, 0.05) is 31.2 Å². The summed E-state index contributed by atoms with van der Waals surface area (Å²) in [5.74, 6) is 4.54. The zero-order chi connectivity index (χ0) is 14.8. The molecular formula is C12H18N4O3S. The van der Waals surface area contributed by atoms with Crippen molar-refractivity contribution in [2.75, 3.05) is 19.6 Å². The lowest BCUT2D eigenvalue weighted by atomic mass is 10.2. The van der Waals surface area contributed by atoms with Crippen LogP contribution in [0.1, 0.15) is 17.3 Å². The molecule has 4 N–H and O–H groups in total. The highest BCUT2D eigenvalue weighted by Crippen LogP contribution is 2.20. The van der Waals surface area contributed by atoms with Crippen LogP contribution in [0.3, 0.4) is 0 Å². The van der Waals surface area contributed by atoms with E-state index in [0.29, 0.717) is 19.6 Å². The number of hydrogen-bond acceptors (Lipinski definition) is 5. The zero-order valence-corrected chi connectivity index (χ0v) is 12.0. The summed E-state index contributed by atoms with van der Waals surface area (Å²) in [6, 6.07) is 5.75. The average molecular weight is 298 g/mol. The molecule has 110 valence electrons. The van der Waals surface area contributed by atoms with Crippen molar-refractivity contribution in [2.24, 2.45) is 5.84 Å². The van der Waals surface area contributed by atoms with Crippen molar-refractivity contribution >= 4 is 15.9 Å². The summed E-state index contributed by atoms with van der Waals surface area (Å²) in [6.45, 7) is 3.49. The average Bonchev–Trinajstić information content (AvgIpc) is 2.47. The minimum Gasteiger partial charge on any atom is -0.314 e. The predicted molar refractivity (Wildman–Crippen MR) is 74.3 cm³/mol. The topological polar surface area (TPSA) is 105 Å². The summed E-state index contributed by atoms with van der Waals surface area (Å²) in [5.41, 5.74) is 2.21. The van der Waals surface area contributed by atoms with E-state index in [0.717, 1.165) is 0 Å². The Morgan fingerprint density at radius 3 is 2.90 bits per heavy atom. The van der Waals surface area contributed by atoms with Gasteiger partial charge >= 0.3 is 0 Å². The molecule has 1 unspecified atom stereocenters. The Balaban J connectivity index is 2.36. The molecule has 0 bridgehead atoms. The van der Waals surface area contributed by atoms with Gasteiger partial charge in [-0.25, -0.2) is 14.3 Å². The number of piperazine rings is 1. The Kier molecular flexibility index (Phi) is 4.39. The third-order valence-corrected chi connectivity index (χ3v) is 5.28. The molecule has 1 aliphatic rings. The zero-order valence-electron chi connectivity index (χ0n) is 11.2. The Bertz CT molecular complexity index is 602. The van der Waals surface area contributed by atoms with Gasteiger partial charge in [0.1, 0.15) is 0 Å². The number of nitrogens with one attached hydrogen (secondary N) is 2. The molecule has 1 aliphatic heterocycles. The Hall–Kier alpha value is -1.48. The Morgan fingerprint density at radius 1 is 1.50 bits per heavy atom. The molecule has 7 nitrogen and oxygen atoms in total. The van der Waals surface area contributed by atoms with Gasteiger partial charge in [-0.3, -0.25) is 10.2 Å². The van der Waals surface area contributed by atoms with Crippen molar-refractivity contribution in [3.05, 3.63) is 29.8 Å². The molecular weight excluding hydrogens is 280 g/mol. The van der Waals surface area contributed by atoms with Crippen LogP contribution in [-0.4, -0.2) is 44.3 Å². The molecule has 1 aromatic rings. The number of nitrogens with zero attached hydrogens (tertiary/aromatic N) is 1. The second-order valence-corrected chi connectivity index (χ2v) is 6.56. The molecule has 0 spiro atoms. The lowest BCUT2D eigenvalue weighted by molar-refractivity contribution is 0.0953. The molecule has 8 heteroatoms. The molecule has 0 radical (unpaired) electrons. The molecule has 1 amide bonds. The summed E-state index contributed by atoms with van der Waals surface area (Å²) < 4.78 is 26.6. The molecule has 20 heavy (non-hydrogen) atoms. The van der Waals surface area contributed by atoms with Gasteiger partial charge in [-0.05, 0) is 25.1 Å². The van der Waals surface area contributed by atoms with E-state index in [-0.39, 0.29) is 16.5 Å². The smallest absolute Gasteiger partial charge is 0.265 e. The lowest BCUT2D eigenvalue weighted by Crippen LogP contribution is -2.52. The van der Waals surface area contributed by atoms with Crippen LogP contribution in [0.25, 0.3) is 0 Å². The van der Waals surface area contributed by atoms with Gasteiger partial charge in [-0.2, -0.15) is 4.31 Å². The molecule has 2 rings (SSSR count). The highest BCUT2D eigenvalue weighted by atomic mass is 32.2. The number of carbonyl (C=O) groups is 1. The molecule has 0 aromatic heterocycles. The lowest BCUT2D eigenvalue weighted by Gasteiger charge is -2.32. The first-order chi connectivity index (χ1) is 9.46. The number of benzene rings is 1. The molecule has 1 saturated heterocycles. The highest BCUT2D eigenvalue weighted by Gasteiger charge is 2.31. The number of rotatable bonds is 3. The largest absolute Gasteiger partial charge is 0.314 e. The van der Waals surface area contributed by atoms with Crippen molar-refractivity contribution in [3.63, 3.8) is 0 Å². The Labute approximate surface area is 118 Å². The van der Waals surface area contributed by atoms with E-state index >= 15 is 0 Å². The summed E-state index contributed by atoms with van der Waals surface area (Å²) >= 11 is 0. The molecule has 1 aromatic carbocycles. The van der Waals surface area contributed by atoms with E-state index in [2.05, 4.69) is 5.32 Å². The minimum atomic E-state index is -3.60. The molecule has 1 fully saturated rings. The number of hydrazine groups is 1. The maximum atomic E-state index is 12.6. The monoisotopic (exact) mass is 298 g/mol. The van der Waals surface area contributed by atoms with Gasteiger partial charge in [0.25, 0.3) is 5.91 Å². The fraction of sp³-hybridized carbons (Fsp3) is 0.417. The number of nitrogen functional groups attached to an aromatic ring is 1. The standard InChI is InChI=1S/C12H18N4O3S/c1-9-8-14-5-6-16(9)20(18,19)11-4-2-3-10(7-11)12(17)15-13/h2-4,7,9,14H,5-6,8,13H2,1H3,(H,15,17). The van der Waals surface area contributed by atoms with Crippen LogP contribution in [0.5, 0.6) is 0 Å². The van der Waals surface area contributed by atoms with E-state index in [4.69, 9.17) is 5.84 Å². The first-order valence-electron chi connectivity index (χ1n) is 6.30. The van der Waals surface area contributed by atoms with Crippen LogP contribution in [0.15, 0.2) is 29.2 Å². The van der Waals surface area contributed by atoms with E-state index in [1.54, 1.807) is 0 Å². The van der Waals surface area contributed by atoms with Crippen LogP contribution in [0, 0.1) is 0 Å². The second-order valence-electron chi connectivity index (χ2n) is 4.67. The Morgan fingerprint density at radius 2 is 2.25 bits per heavy atom. The first kappa shape index (κ1) is 14.9. The van der Waals surface area contributed by atoms with Gasteiger partial charge in [-0.1, -0.05) is 6.07 Å². The van der Waals surface area contributed by atoms with Gasteiger partial charge in [-0.15, -0.1) is 0 Å². The second kappa shape index (κ2) is 5.88. The number of sulfonamides is 1. The number of hydrogen-bond donors (Lipinski definition) is 3. The van der Waals surface area contributed by atoms with Gasteiger partial charge in [0.2, 0.25) is 10.0 Å². The fourth-order valence-electron chi connectivity index (χ4n) is 2.20. The minimum absolute atomic E-state index is 0.104. The molecule has 0 saturated carbocycles. The van der Waals surface area contributed by atoms with Crippen molar-refractivity contribution in [1.82, 2.24) is 15.0 Å². The maximum absolute atomic E-state index is 12.6. The van der Waals surface area contributed by atoms with Crippen molar-refractivity contribution < 1.29 is 13.2 Å². The van der Waals surface area contributed by atoms with E-state index < -0.39 is 15.9 Å². The molecule has 0 aliphatic carbocycles. The summed E-state index contributed by atoms with van der Waals surface area (Å²) in [7, 11) is -3.60. The SMILES string of the molecule is CC1CNCCN1S(=O)(=O)c1cccc(C(=O)NN)c1. The normalized spacial score (nSPS) is 20.6. The first-order valence-corrected chi connectivity index (χ1v) is 7.74. The van der Waals surface area contributed by atoms with E-state index in [9.17, 15) is 13.2 Å². The quantitative estimate of drug-likeness (QED) is 0.388. The maximum Gasteiger partial charge on any atom is 0.265 e. The van der Waals surface area contributed by atoms with Gasteiger partial charge in [0.15, 0.2) is 0 Å². The number of amides is 1. The third-order valence-electron chi connectivity index (χ3n) is 3.27. The van der Waals surface area contributed by atoms with Crippen molar-refractivity contribution in [1.29, 1.82) is 0 Å². The predicted octanol–water partition coefficient (Wildman–Crippen LogP) is -0.727. The van der Waals surface area contributed by atoms with E-state index in [1.165, 1.54) is 28.6 Å². The van der Waals surface area contributed by atoms with Crippen LogP contribution in [0.2, 0.25) is 0 Å². The number of nitrogens with two attached hydrogens (primary N) is 1. The highest BCUT2D eigenvalue weighted by molar-refractivity contribution is 7.89. The summed E-state index contributed by atoms with van der Waals surface area (Å²) in [4.78, 5) is 11.6. The van der Waals surface area contributed by atoms with Crippen molar-refractivity contribution in [3.8, 4) is 0 Å². The third kappa shape index (κ3) is 2.83. The molecule has 1 atom stereocenters. The van der Waals surface area contributed by atoms with Gasteiger partial charge in [0.05, 0.1) is 4.90 Å². The number of carbonyl (C=O) groups excluding carboxylic acids is 1.